The largest absolute Gasteiger partial charge is 0.494 e. The number of piperidine rings is 1. The predicted octanol–water partition coefficient (Wildman–Crippen LogP) is 3.12. The molecular weight excluding hydrogens is 282 g/mol. The van der Waals surface area contributed by atoms with Crippen molar-refractivity contribution in [1.82, 2.24) is 0 Å². The van der Waals surface area contributed by atoms with Gasteiger partial charge in [0.15, 0.2) is 0 Å². The molecule has 1 saturated heterocycles. The van der Waals surface area contributed by atoms with Crippen LogP contribution in [0.1, 0.15) is 30.9 Å². The Bertz CT molecular complexity index is 571. The molecule has 2 heteroatoms. The molecule has 1 N–H and O–H groups in total. The molecule has 1 fully saturated rings. The lowest BCUT2D eigenvalue weighted by molar-refractivity contribution is -0.919. The van der Waals surface area contributed by atoms with Gasteiger partial charge in [-0.1, -0.05) is 30.3 Å². The quantitative estimate of drug-likeness (QED) is 0.865. The van der Waals surface area contributed by atoms with Crippen LogP contribution in [0, 0.1) is 5.92 Å². The van der Waals surface area contributed by atoms with Crippen LogP contribution in [0.4, 0.5) is 0 Å². The molecule has 1 aliphatic heterocycles. The Morgan fingerprint density at radius 2 is 1.61 bits per heavy atom. The van der Waals surface area contributed by atoms with E-state index in [1.807, 2.05) is 6.92 Å². The van der Waals surface area contributed by atoms with Gasteiger partial charge in [0.25, 0.3) is 0 Å². The Morgan fingerprint density at radius 1 is 0.913 bits per heavy atom. The first-order valence-electron chi connectivity index (χ1n) is 8.92. The van der Waals surface area contributed by atoms with E-state index in [1.54, 1.807) is 4.90 Å². The maximum Gasteiger partial charge on any atom is 0.119 e. The predicted molar refractivity (Wildman–Crippen MR) is 94.9 cm³/mol. The molecule has 0 spiro atoms. The fourth-order valence-electron chi connectivity index (χ4n) is 3.57. The van der Waals surface area contributed by atoms with E-state index in [2.05, 4.69) is 54.6 Å². The van der Waals surface area contributed by atoms with Gasteiger partial charge in [0.05, 0.1) is 19.7 Å². The lowest BCUT2D eigenvalue weighted by Gasteiger charge is -2.29. The molecule has 122 valence electrons. The van der Waals surface area contributed by atoms with E-state index >= 15 is 0 Å². The Balaban J connectivity index is 1.45. The summed E-state index contributed by atoms with van der Waals surface area (Å²) in [6.07, 6.45) is 3.94. The Hall–Kier alpha value is -1.80. The van der Waals surface area contributed by atoms with Gasteiger partial charge in [-0.2, -0.15) is 0 Å². The smallest absolute Gasteiger partial charge is 0.119 e. The molecule has 0 bridgehead atoms. The highest BCUT2D eigenvalue weighted by atomic mass is 16.5. The summed E-state index contributed by atoms with van der Waals surface area (Å²) in [5.74, 6) is 1.84. The number of likely N-dealkylation sites (tertiary alicyclic amines) is 1. The third kappa shape index (κ3) is 4.84. The van der Waals surface area contributed by atoms with Crippen molar-refractivity contribution in [3.63, 3.8) is 0 Å². The van der Waals surface area contributed by atoms with Crippen LogP contribution in [0.2, 0.25) is 0 Å². The summed E-state index contributed by atoms with van der Waals surface area (Å²) in [6, 6.07) is 19.6. The van der Waals surface area contributed by atoms with Crippen molar-refractivity contribution in [1.29, 1.82) is 0 Å². The zero-order chi connectivity index (χ0) is 15.9. The standard InChI is InChI=1S/C21H27NO/c1-2-23-21-10-8-20(9-11-21)17-22-14-12-19(13-15-22)16-18-6-4-3-5-7-18/h3-11,19H,2,12-17H2,1H3/p+1. The van der Waals surface area contributed by atoms with Crippen molar-refractivity contribution in [2.75, 3.05) is 19.7 Å². The first-order valence-corrected chi connectivity index (χ1v) is 8.92. The topological polar surface area (TPSA) is 13.7 Å². The van der Waals surface area contributed by atoms with Gasteiger partial charge in [-0.05, 0) is 61.9 Å². The molecule has 0 unspecified atom stereocenters. The van der Waals surface area contributed by atoms with Gasteiger partial charge >= 0.3 is 0 Å². The minimum atomic E-state index is 0.736. The van der Waals surface area contributed by atoms with Crippen molar-refractivity contribution >= 4 is 0 Å². The lowest BCUT2D eigenvalue weighted by atomic mass is 9.90. The van der Waals surface area contributed by atoms with E-state index in [0.29, 0.717) is 0 Å². The van der Waals surface area contributed by atoms with Crippen molar-refractivity contribution in [3.8, 4) is 5.75 Å². The third-order valence-corrected chi connectivity index (χ3v) is 4.87. The molecule has 0 amide bonds. The summed E-state index contributed by atoms with van der Waals surface area (Å²) in [7, 11) is 0. The number of rotatable bonds is 6. The molecule has 2 aromatic rings. The van der Waals surface area contributed by atoms with E-state index in [9.17, 15) is 0 Å². The Labute approximate surface area is 140 Å². The maximum atomic E-state index is 5.51. The number of hydrogen-bond donors (Lipinski definition) is 1. The minimum Gasteiger partial charge on any atom is -0.494 e. The first kappa shape index (κ1) is 16.1. The van der Waals surface area contributed by atoms with Crippen LogP contribution in [0.5, 0.6) is 5.75 Å². The lowest BCUT2D eigenvalue weighted by Crippen LogP contribution is -3.11. The molecule has 1 heterocycles. The average molecular weight is 310 g/mol. The highest BCUT2D eigenvalue weighted by molar-refractivity contribution is 5.26. The molecule has 2 aromatic carbocycles. The SMILES string of the molecule is CCOc1ccc(C[NH+]2CCC(Cc3ccccc3)CC2)cc1. The molecule has 0 aromatic heterocycles. The van der Waals surface area contributed by atoms with Crippen molar-refractivity contribution in [2.45, 2.75) is 32.7 Å². The molecule has 3 rings (SSSR count). The van der Waals surface area contributed by atoms with E-state index < -0.39 is 0 Å². The second-order valence-electron chi connectivity index (χ2n) is 6.64. The van der Waals surface area contributed by atoms with E-state index in [4.69, 9.17) is 4.74 Å². The van der Waals surface area contributed by atoms with Crippen molar-refractivity contribution in [2.24, 2.45) is 5.92 Å². The summed E-state index contributed by atoms with van der Waals surface area (Å²) in [6.45, 7) is 6.50. The zero-order valence-electron chi connectivity index (χ0n) is 14.1. The minimum absolute atomic E-state index is 0.736. The van der Waals surface area contributed by atoms with Crippen LogP contribution in [0.3, 0.4) is 0 Å². The van der Waals surface area contributed by atoms with Crippen molar-refractivity contribution < 1.29 is 9.64 Å². The maximum absolute atomic E-state index is 5.51. The number of ether oxygens (including phenoxy) is 1. The van der Waals surface area contributed by atoms with Crippen LogP contribution in [0.15, 0.2) is 54.6 Å². The molecule has 1 aliphatic rings. The molecule has 23 heavy (non-hydrogen) atoms. The van der Waals surface area contributed by atoms with Crippen LogP contribution in [-0.2, 0) is 13.0 Å². The van der Waals surface area contributed by atoms with E-state index in [-0.39, 0.29) is 0 Å². The second-order valence-corrected chi connectivity index (χ2v) is 6.64. The number of nitrogens with one attached hydrogen (secondary N) is 1. The molecule has 0 saturated carbocycles. The molecule has 0 radical (unpaired) electrons. The van der Waals surface area contributed by atoms with Crippen LogP contribution < -0.4 is 9.64 Å². The highest BCUT2D eigenvalue weighted by Crippen LogP contribution is 2.17. The summed E-state index contributed by atoms with van der Waals surface area (Å²) in [5, 5.41) is 0. The van der Waals surface area contributed by atoms with Crippen LogP contribution >= 0.6 is 0 Å². The summed E-state index contributed by atoms with van der Waals surface area (Å²) < 4.78 is 5.51. The molecular formula is C21H28NO+. The van der Waals surface area contributed by atoms with Gasteiger partial charge < -0.3 is 9.64 Å². The van der Waals surface area contributed by atoms with Gasteiger partial charge in [0.2, 0.25) is 0 Å². The zero-order valence-corrected chi connectivity index (χ0v) is 14.1. The summed E-state index contributed by atoms with van der Waals surface area (Å²) in [5.41, 5.74) is 2.91. The Morgan fingerprint density at radius 3 is 2.26 bits per heavy atom. The normalized spacial score (nSPS) is 21.1. The number of quaternary nitrogens is 1. The highest BCUT2D eigenvalue weighted by Gasteiger charge is 2.22. The number of hydrogen-bond acceptors (Lipinski definition) is 1. The number of benzene rings is 2. The van der Waals surface area contributed by atoms with Gasteiger partial charge in [-0.3, -0.25) is 0 Å². The van der Waals surface area contributed by atoms with Crippen LogP contribution in [0.25, 0.3) is 0 Å². The second kappa shape index (κ2) is 8.16. The molecule has 0 aliphatic carbocycles. The third-order valence-electron chi connectivity index (χ3n) is 4.87. The summed E-state index contributed by atoms with van der Waals surface area (Å²) >= 11 is 0. The van der Waals surface area contributed by atoms with Crippen LogP contribution in [-0.4, -0.2) is 19.7 Å². The monoisotopic (exact) mass is 310 g/mol. The Kier molecular flexibility index (Phi) is 5.71. The summed E-state index contributed by atoms with van der Waals surface area (Å²) in [4.78, 5) is 1.72. The van der Waals surface area contributed by atoms with Gasteiger partial charge in [0, 0.05) is 5.56 Å². The van der Waals surface area contributed by atoms with Gasteiger partial charge in [0.1, 0.15) is 12.3 Å². The van der Waals surface area contributed by atoms with E-state index in [0.717, 1.165) is 24.8 Å². The average Bonchev–Trinajstić information content (AvgIpc) is 2.60. The van der Waals surface area contributed by atoms with Gasteiger partial charge in [-0.15, -0.1) is 0 Å². The first-order chi connectivity index (χ1) is 11.3. The van der Waals surface area contributed by atoms with Crippen molar-refractivity contribution in [3.05, 3.63) is 65.7 Å². The fraction of sp³-hybridized carbons (Fsp3) is 0.429. The fourth-order valence-corrected chi connectivity index (χ4v) is 3.57. The molecule has 2 nitrogen and oxygen atoms in total. The van der Waals surface area contributed by atoms with E-state index in [1.165, 1.54) is 43.5 Å². The molecule has 0 atom stereocenters. The van der Waals surface area contributed by atoms with Gasteiger partial charge in [-0.25, -0.2) is 0 Å².